The fourth-order valence-electron chi connectivity index (χ4n) is 4.40. The van der Waals surface area contributed by atoms with E-state index in [1.54, 1.807) is 0 Å². The number of halogens is 1. The second kappa shape index (κ2) is 6.57. The number of hydrogen-bond acceptors (Lipinski definition) is 2. The predicted octanol–water partition coefficient (Wildman–Crippen LogP) is 4.65. The molecular weight excluding hydrogens is 342 g/mol. The van der Waals surface area contributed by atoms with Gasteiger partial charge in [0.05, 0.1) is 16.4 Å². The fraction of sp³-hybridized carbons (Fsp3) is 0.318. The van der Waals surface area contributed by atoms with Gasteiger partial charge < -0.3 is 4.98 Å². The number of nitrogens with zero attached hydrogens (tertiary/aromatic N) is 2. The minimum atomic E-state index is 0.630. The van der Waals surface area contributed by atoms with Crippen molar-refractivity contribution >= 4 is 11.6 Å². The summed E-state index contributed by atoms with van der Waals surface area (Å²) in [5.74, 6) is 0.899. The first-order chi connectivity index (χ1) is 12.8. The fourth-order valence-corrected chi connectivity index (χ4v) is 4.62. The van der Waals surface area contributed by atoms with Gasteiger partial charge in [-0.1, -0.05) is 48.0 Å². The number of H-pyrrole nitrogens is 1. The van der Waals surface area contributed by atoms with E-state index < -0.39 is 0 Å². The number of imidazole rings is 1. The monoisotopic (exact) mass is 363 g/mol. The van der Waals surface area contributed by atoms with Crippen molar-refractivity contribution in [1.29, 1.82) is 0 Å². The van der Waals surface area contributed by atoms with Crippen LogP contribution in [0.5, 0.6) is 0 Å². The molecule has 0 saturated heterocycles. The van der Waals surface area contributed by atoms with E-state index in [1.807, 2.05) is 24.3 Å². The maximum Gasteiger partial charge on any atom is 0.139 e. The van der Waals surface area contributed by atoms with Crippen molar-refractivity contribution in [2.45, 2.75) is 38.3 Å². The Balaban J connectivity index is 1.37. The molecule has 4 heteroatoms. The van der Waals surface area contributed by atoms with Crippen LogP contribution >= 0.6 is 11.6 Å². The Morgan fingerprint density at radius 2 is 1.81 bits per heavy atom. The summed E-state index contributed by atoms with van der Waals surface area (Å²) in [5.41, 5.74) is 6.50. The maximum absolute atomic E-state index is 6.35. The first kappa shape index (κ1) is 16.1. The van der Waals surface area contributed by atoms with Crippen molar-refractivity contribution in [3.8, 4) is 11.4 Å². The Labute approximate surface area is 159 Å². The van der Waals surface area contributed by atoms with Crippen LogP contribution in [-0.2, 0) is 25.8 Å². The third kappa shape index (κ3) is 2.85. The molecule has 0 radical (unpaired) electrons. The Morgan fingerprint density at radius 1 is 1.00 bits per heavy atom. The van der Waals surface area contributed by atoms with Crippen LogP contribution in [0.4, 0.5) is 0 Å². The van der Waals surface area contributed by atoms with E-state index in [0.29, 0.717) is 6.04 Å². The SMILES string of the molecule is Clc1ccccc1-c1nc2c([nH]1)CN(C1CCc3ccccc3C1)CC2. The molecule has 3 nitrogen and oxygen atoms in total. The lowest BCUT2D eigenvalue weighted by Gasteiger charge is -2.37. The smallest absolute Gasteiger partial charge is 0.139 e. The molecule has 0 fully saturated rings. The highest BCUT2D eigenvalue weighted by molar-refractivity contribution is 6.33. The van der Waals surface area contributed by atoms with Crippen LogP contribution in [0, 0.1) is 0 Å². The van der Waals surface area contributed by atoms with E-state index in [9.17, 15) is 0 Å². The van der Waals surface area contributed by atoms with Gasteiger partial charge >= 0.3 is 0 Å². The molecule has 0 bridgehead atoms. The normalized spacial score (nSPS) is 19.8. The quantitative estimate of drug-likeness (QED) is 0.719. The van der Waals surface area contributed by atoms with Crippen molar-refractivity contribution in [3.63, 3.8) is 0 Å². The first-order valence-electron chi connectivity index (χ1n) is 9.41. The van der Waals surface area contributed by atoms with Gasteiger partial charge in [-0.05, 0) is 42.5 Å². The molecule has 1 unspecified atom stereocenters. The van der Waals surface area contributed by atoms with Gasteiger partial charge in [-0.3, -0.25) is 4.90 Å². The number of nitrogens with one attached hydrogen (secondary N) is 1. The average molecular weight is 364 g/mol. The molecule has 2 heterocycles. The zero-order valence-corrected chi connectivity index (χ0v) is 15.5. The van der Waals surface area contributed by atoms with E-state index in [2.05, 4.69) is 34.1 Å². The summed E-state index contributed by atoms with van der Waals surface area (Å²) >= 11 is 6.35. The number of aromatic nitrogens is 2. The third-order valence-electron chi connectivity index (χ3n) is 5.83. The van der Waals surface area contributed by atoms with Crippen LogP contribution in [0.2, 0.25) is 5.02 Å². The van der Waals surface area contributed by atoms with Crippen molar-refractivity contribution in [2.75, 3.05) is 6.54 Å². The molecule has 132 valence electrons. The summed E-state index contributed by atoms with van der Waals surface area (Å²) in [6.45, 7) is 2.05. The number of fused-ring (bicyclic) bond motifs is 2. The van der Waals surface area contributed by atoms with Gasteiger partial charge in [0, 0.05) is 31.1 Å². The highest BCUT2D eigenvalue weighted by Crippen LogP contribution is 2.31. The summed E-state index contributed by atoms with van der Waals surface area (Å²) in [4.78, 5) is 11.0. The largest absolute Gasteiger partial charge is 0.340 e. The highest BCUT2D eigenvalue weighted by Gasteiger charge is 2.28. The van der Waals surface area contributed by atoms with Gasteiger partial charge in [-0.15, -0.1) is 0 Å². The molecule has 3 aromatic rings. The standard InChI is InChI=1S/C22H22ClN3/c23-19-8-4-3-7-18(19)22-24-20-11-12-26(14-21(20)25-22)17-10-9-15-5-1-2-6-16(15)13-17/h1-8,17H,9-14H2,(H,24,25). The van der Waals surface area contributed by atoms with Crippen LogP contribution in [0.25, 0.3) is 11.4 Å². The van der Waals surface area contributed by atoms with E-state index in [1.165, 1.54) is 35.4 Å². The summed E-state index contributed by atoms with van der Waals surface area (Å²) in [7, 11) is 0. The van der Waals surface area contributed by atoms with Crippen LogP contribution in [0.15, 0.2) is 48.5 Å². The van der Waals surface area contributed by atoms with E-state index in [4.69, 9.17) is 16.6 Å². The Hall–Kier alpha value is -2.10. The highest BCUT2D eigenvalue weighted by atomic mass is 35.5. The van der Waals surface area contributed by atoms with Crippen molar-refractivity contribution in [3.05, 3.63) is 76.1 Å². The molecule has 0 spiro atoms. The minimum Gasteiger partial charge on any atom is -0.340 e. The second-order valence-corrected chi connectivity index (χ2v) is 7.78. The lowest BCUT2D eigenvalue weighted by molar-refractivity contribution is 0.160. The molecule has 1 aliphatic carbocycles. The van der Waals surface area contributed by atoms with Gasteiger partial charge in [0.2, 0.25) is 0 Å². The predicted molar refractivity (Wildman–Crippen MR) is 105 cm³/mol. The number of benzene rings is 2. The van der Waals surface area contributed by atoms with E-state index >= 15 is 0 Å². The molecule has 1 aromatic heterocycles. The number of aryl methyl sites for hydroxylation is 1. The van der Waals surface area contributed by atoms with Crippen LogP contribution < -0.4 is 0 Å². The van der Waals surface area contributed by atoms with Gasteiger partial charge in [0.1, 0.15) is 5.82 Å². The third-order valence-corrected chi connectivity index (χ3v) is 6.16. The first-order valence-corrected chi connectivity index (χ1v) is 9.79. The molecular formula is C22H22ClN3. The Kier molecular flexibility index (Phi) is 4.07. The van der Waals surface area contributed by atoms with Gasteiger partial charge in [-0.25, -0.2) is 4.98 Å². The van der Waals surface area contributed by atoms with Crippen molar-refractivity contribution < 1.29 is 0 Å². The lowest BCUT2D eigenvalue weighted by Crippen LogP contribution is -2.42. The number of aromatic amines is 1. The van der Waals surface area contributed by atoms with Crippen LogP contribution in [-0.4, -0.2) is 27.5 Å². The average Bonchev–Trinajstić information content (AvgIpc) is 3.11. The molecule has 1 atom stereocenters. The molecule has 0 saturated carbocycles. The Bertz CT molecular complexity index is 946. The number of hydrogen-bond donors (Lipinski definition) is 1. The van der Waals surface area contributed by atoms with Crippen LogP contribution in [0.3, 0.4) is 0 Å². The molecule has 26 heavy (non-hydrogen) atoms. The van der Waals surface area contributed by atoms with Crippen LogP contribution in [0.1, 0.15) is 28.9 Å². The lowest BCUT2D eigenvalue weighted by atomic mass is 9.87. The summed E-state index contributed by atoms with van der Waals surface area (Å²) in [6.07, 6.45) is 4.61. The maximum atomic E-state index is 6.35. The van der Waals surface area contributed by atoms with E-state index in [0.717, 1.165) is 42.3 Å². The molecule has 0 amide bonds. The van der Waals surface area contributed by atoms with Crippen molar-refractivity contribution in [2.24, 2.45) is 0 Å². The van der Waals surface area contributed by atoms with Gasteiger partial charge in [-0.2, -0.15) is 0 Å². The summed E-state index contributed by atoms with van der Waals surface area (Å²) in [5, 5.41) is 0.749. The zero-order chi connectivity index (χ0) is 17.5. The second-order valence-electron chi connectivity index (χ2n) is 7.38. The zero-order valence-electron chi connectivity index (χ0n) is 14.7. The molecule has 2 aliphatic rings. The molecule has 2 aromatic carbocycles. The summed E-state index contributed by atoms with van der Waals surface area (Å²) in [6, 6.07) is 17.4. The topological polar surface area (TPSA) is 31.9 Å². The summed E-state index contributed by atoms with van der Waals surface area (Å²) < 4.78 is 0. The molecule has 1 aliphatic heterocycles. The van der Waals surface area contributed by atoms with Crippen molar-refractivity contribution in [1.82, 2.24) is 14.9 Å². The van der Waals surface area contributed by atoms with E-state index in [-0.39, 0.29) is 0 Å². The van der Waals surface area contributed by atoms with Gasteiger partial charge in [0.15, 0.2) is 0 Å². The Morgan fingerprint density at radius 3 is 2.69 bits per heavy atom. The minimum absolute atomic E-state index is 0.630. The number of rotatable bonds is 2. The van der Waals surface area contributed by atoms with Gasteiger partial charge in [0.25, 0.3) is 0 Å². The molecule has 1 N–H and O–H groups in total. The molecule has 5 rings (SSSR count).